The number of nitrogens with one attached hydrogen (secondary N) is 1. The number of oxazole rings is 1. The van der Waals surface area contributed by atoms with Crippen LogP contribution in [0.5, 0.6) is 0 Å². The van der Waals surface area contributed by atoms with E-state index in [4.69, 9.17) is 16.0 Å². The molecule has 0 aliphatic carbocycles. The molecule has 0 aliphatic heterocycles. The van der Waals surface area contributed by atoms with Crippen LogP contribution >= 0.6 is 11.6 Å². The maximum absolute atomic E-state index is 12.2. The first-order chi connectivity index (χ1) is 13.4. The van der Waals surface area contributed by atoms with E-state index in [0.717, 1.165) is 11.1 Å². The molecule has 0 aliphatic rings. The molecule has 1 aromatic heterocycles. The minimum Gasteiger partial charge on any atom is -0.441 e. The lowest BCUT2D eigenvalue weighted by atomic mass is 10.1. The number of hydrogen-bond donors (Lipinski definition) is 1. The fourth-order valence-corrected chi connectivity index (χ4v) is 2.87. The van der Waals surface area contributed by atoms with E-state index in [9.17, 15) is 14.9 Å². The third kappa shape index (κ3) is 4.95. The van der Waals surface area contributed by atoms with Crippen molar-refractivity contribution in [3.63, 3.8) is 0 Å². The highest BCUT2D eigenvalue weighted by molar-refractivity contribution is 6.30. The van der Waals surface area contributed by atoms with Crippen LogP contribution in [0.2, 0.25) is 5.02 Å². The maximum atomic E-state index is 12.2. The smallest absolute Gasteiger partial charge is 0.269 e. The second-order valence-electron chi connectivity index (χ2n) is 6.23. The number of nitro benzene ring substituents is 1. The van der Waals surface area contributed by atoms with Crippen LogP contribution < -0.4 is 5.32 Å². The van der Waals surface area contributed by atoms with Crippen LogP contribution in [0.4, 0.5) is 5.69 Å². The number of nitrogens with zero attached hydrogens (tertiary/aromatic N) is 2. The van der Waals surface area contributed by atoms with Gasteiger partial charge in [-0.05, 0) is 37.1 Å². The summed E-state index contributed by atoms with van der Waals surface area (Å²) in [7, 11) is 0. The number of hydrogen-bond acceptors (Lipinski definition) is 5. The highest BCUT2D eigenvalue weighted by Crippen LogP contribution is 2.24. The molecule has 0 spiro atoms. The Hall–Kier alpha value is -3.19. The van der Waals surface area contributed by atoms with Crippen molar-refractivity contribution in [3.8, 4) is 11.5 Å². The van der Waals surface area contributed by atoms with Gasteiger partial charge in [-0.1, -0.05) is 29.8 Å². The van der Waals surface area contributed by atoms with E-state index < -0.39 is 4.92 Å². The Morgan fingerprint density at radius 1 is 1.25 bits per heavy atom. The minimum absolute atomic E-state index is 0.0461. The van der Waals surface area contributed by atoms with E-state index in [2.05, 4.69) is 10.3 Å². The average molecular weight is 400 g/mol. The zero-order valence-electron chi connectivity index (χ0n) is 15.1. The Morgan fingerprint density at radius 2 is 2.00 bits per heavy atom. The lowest BCUT2D eigenvalue weighted by Crippen LogP contribution is -2.27. The number of halogens is 1. The molecular formula is C20H18ClN3O4. The van der Waals surface area contributed by atoms with Crippen LogP contribution in [0.15, 0.2) is 52.9 Å². The Balaban J connectivity index is 1.54. The molecule has 144 valence electrons. The number of aromatic nitrogens is 1. The highest BCUT2D eigenvalue weighted by atomic mass is 35.5. The third-order valence-electron chi connectivity index (χ3n) is 4.18. The normalized spacial score (nSPS) is 10.6. The van der Waals surface area contributed by atoms with Gasteiger partial charge in [0, 0.05) is 29.3 Å². The van der Waals surface area contributed by atoms with Crippen molar-refractivity contribution in [3.05, 3.63) is 80.7 Å². The molecule has 1 N–H and O–H groups in total. The summed E-state index contributed by atoms with van der Waals surface area (Å²) in [6.07, 6.45) is 0.686. The van der Waals surface area contributed by atoms with Gasteiger partial charge in [-0.15, -0.1) is 0 Å². The van der Waals surface area contributed by atoms with Gasteiger partial charge < -0.3 is 9.73 Å². The summed E-state index contributed by atoms with van der Waals surface area (Å²) >= 11 is 5.99. The first-order valence-electron chi connectivity index (χ1n) is 8.64. The van der Waals surface area contributed by atoms with E-state index >= 15 is 0 Å². The van der Waals surface area contributed by atoms with Crippen LogP contribution in [-0.2, 0) is 17.6 Å². The number of non-ortho nitro benzene ring substituents is 1. The van der Waals surface area contributed by atoms with Crippen LogP contribution in [-0.4, -0.2) is 22.4 Å². The Labute approximate surface area is 166 Å². The van der Waals surface area contributed by atoms with Gasteiger partial charge in [0.2, 0.25) is 11.8 Å². The number of aryl methyl sites for hydroxylation is 1. The SMILES string of the molecule is Cc1oc(-c2cccc(Cl)c2)nc1CC(=O)NCCc1ccc([N+](=O)[O-])cc1. The van der Waals surface area contributed by atoms with Crippen molar-refractivity contribution in [1.82, 2.24) is 10.3 Å². The van der Waals surface area contributed by atoms with Crippen LogP contribution in [0.1, 0.15) is 17.0 Å². The van der Waals surface area contributed by atoms with Crippen molar-refractivity contribution in [2.45, 2.75) is 19.8 Å². The number of carbonyl (C=O) groups is 1. The number of amides is 1. The van der Waals surface area contributed by atoms with Crippen LogP contribution in [0, 0.1) is 17.0 Å². The zero-order chi connectivity index (χ0) is 20.1. The molecule has 0 saturated heterocycles. The maximum Gasteiger partial charge on any atom is 0.269 e. The molecule has 28 heavy (non-hydrogen) atoms. The summed E-state index contributed by atoms with van der Waals surface area (Å²) in [5.74, 6) is 0.838. The lowest BCUT2D eigenvalue weighted by molar-refractivity contribution is -0.384. The Kier molecular flexibility index (Phi) is 6.06. The van der Waals surface area contributed by atoms with E-state index in [-0.39, 0.29) is 18.0 Å². The summed E-state index contributed by atoms with van der Waals surface area (Å²) in [6, 6.07) is 13.4. The molecule has 8 heteroatoms. The molecule has 0 atom stereocenters. The number of carbonyl (C=O) groups excluding carboxylic acids is 1. The van der Waals surface area contributed by atoms with Crippen molar-refractivity contribution >= 4 is 23.2 Å². The zero-order valence-corrected chi connectivity index (χ0v) is 15.9. The van der Waals surface area contributed by atoms with E-state index in [1.165, 1.54) is 12.1 Å². The van der Waals surface area contributed by atoms with Crippen molar-refractivity contribution < 1.29 is 14.1 Å². The van der Waals surface area contributed by atoms with Gasteiger partial charge in [0.25, 0.3) is 5.69 Å². The van der Waals surface area contributed by atoms with E-state index in [1.54, 1.807) is 31.2 Å². The molecule has 1 heterocycles. The molecular weight excluding hydrogens is 382 g/mol. The van der Waals surface area contributed by atoms with Crippen LogP contribution in [0.3, 0.4) is 0 Å². The molecule has 3 aromatic rings. The number of benzene rings is 2. The van der Waals surface area contributed by atoms with Gasteiger partial charge in [-0.25, -0.2) is 4.98 Å². The fourth-order valence-electron chi connectivity index (χ4n) is 2.68. The molecule has 0 fully saturated rings. The molecule has 1 amide bonds. The van der Waals surface area contributed by atoms with Crippen molar-refractivity contribution in [2.75, 3.05) is 6.54 Å². The summed E-state index contributed by atoms with van der Waals surface area (Å²) < 4.78 is 5.66. The van der Waals surface area contributed by atoms with Gasteiger partial charge >= 0.3 is 0 Å². The largest absolute Gasteiger partial charge is 0.441 e. The van der Waals surface area contributed by atoms with Crippen LogP contribution in [0.25, 0.3) is 11.5 Å². The number of rotatable bonds is 7. The molecule has 2 aromatic carbocycles. The van der Waals surface area contributed by atoms with Gasteiger partial charge in [-0.3, -0.25) is 14.9 Å². The average Bonchev–Trinajstić information content (AvgIpc) is 3.02. The predicted octanol–water partition coefficient (Wildman–Crippen LogP) is 4.11. The van der Waals surface area contributed by atoms with E-state index in [0.29, 0.717) is 35.3 Å². The monoisotopic (exact) mass is 399 g/mol. The second-order valence-corrected chi connectivity index (χ2v) is 6.67. The topological polar surface area (TPSA) is 98.3 Å². The van der Waals surface area contributed by atoms with Gasteiger partial charge in [0.05, 0.1) is 17.0 Å². The molecule has 7 nitrogen and oxygen atoms in total. The van der Waals surface area contributed by atoms with Gasteiger partial charge in [-0.2, -0.15) is 0 Å². The third-order valence-corrected chi connectivity index (χ3v) is 4.41. The molecule has 0 saturated carbocycles. The Morgan fingerprint density at radius 3 is 2.68 bits per heavy atom. The van der Waals surface area contributed by atoms with E-state index in [1.807, 2.05) is 12.1 Å². The Bertz CT molecular complexity index is 999. The first kappa shape index (κ1) is 19.6. The number of nitro groups is 1. The molecule has 0 bridgehead atoms. The quantitative estimate of drug-likeness (QED) is 0.476. The molecule has 3 rings (SSSR count). The highest BCUT2D eigenvalue weighted by Gasteiger charge is 2.15. The molecule has 0 unspecified atom stereocenters. The second kappa shape index (κ2) is 8.67. The lowest BCUT2D eigenvalue weighted by Gasteiger charge is -2.04. The standard InChI is InChI=1S/C20H18ClN3O4/c1-13-18(23-20(28-13)15-3-2-4-16(21)11-15)12-19(25)22-10-9-14-5-7-17(8-6-14)24(26)27/h2-8,11H,9-10,12H2,1H3,(H,22,25). The van der Waals surface area contributed by atoms with Crippen molar-refractivity contribution in [2.24, 2.45) is 0 Å². The summed E-state index contributed by atoms with van der Waals surface area (Å²) in [6.45, 7) is 2.19. The summed E-state index contributed by atoms with van der Waals surface area (Å²) in [5.41, 5.74) is 2.28. The molecule has 0 radical (unpaired) electrons. The first-order valence-corrected chi connectivity index (χ1v) is 9.02. The van der Waals surface area contributed by atoms with Gasteiger partial charge in [0.1, 0.15) is 5.76 Å². The predicted molar refractivity (Wildman–Crippen MR) is 105 cm³/mol. The fraction of sp³-hybridized carbons (Fsp3) is 0.200. The minimum atomic E-state index is -0.441. The van der Waals surface area contributed by atoms with Crippen molar-refractivity contribution in [1.29, 1.82) is 0 Å². The summed E-state index contributed by atoms with van der Waals surface area (Å²) in [5, 5.41) is 14.1. The van der Waals surface area contributed by atoms with Gasteiger partial charge in [0.15, 0.2) is 0 Å². The summed E-state index contributed by atoms with van der Waals surface area (Å²) in [4.78, 5) is 26.8.